The molecule has 0 spiro atoms. The summed E-state index contributed by atoms with van der Waals surface area (Å²) in [5.74, 6) is -1.02. The van der Waals surface area contributed by atoms with Gasteiger partial charge in [0, 0.05) is 14.2 Å². The number of benzene rings is 1. The first-order valence-corrected chi connectivity index (χ1v) is 5.74. The number of ether oxygens (including phenoxy) is 2. The summed E-state index contributed by atoms with van der Waals surface area (Å²) in [5, 5.41) is 17.0. The number of carbonyl (C=O) groups is 1. The molecule has 7 nitrogen and oxygen atoms in total. The first kappa shape index (κ1) is 13.4. The lowest BCUT2D eigenvalue weighted by Gasteiger charge is -2.14. The summed E-state index contributed by atoms with van der Waals surface area (Å²) in [6.45, 7) is 0.875. The molecule has 2 aromatic rings. The molecule has 0 radical (unpaired) electrons. The second kappa shape index (κ2) is 5.77. The summed E-state index contributed by atoms with van der Waals surface area (Å²) in [6.07, 6.45) is -0.164. The van der Waals surface area contributed by atoms with E-state index in [1.807, 2.05) is 0 Å². The minimum Gasteiger partial charge on any atom is -0.478 e. The Hall–Kier alpha value is -1.99. The van der Waals surface area contributed by atoms with Gasteiger partial charge in [0.1, 0.15) is 11.6 Å². The Morgan fingerprint density at radius 1 is 1.47 bits per heavy atom. The highest BCUT2D eigenvalue weighted by Crippen LogP contribution is 2.16. The molecule has 0 bridgehead atoms. The summed E-state index contributed by atoms with van der Waals surface area (Å²) in [6, 6.07) is 4.96. The molecule has 1 unspecified atom stereocenters. The van der Waals surface area contributed by atoms with Crippen LogP contribution >= 0.6 is 0 Å². The highest BCUT2D eigenvalue weighted by Gasteiger charge is 2.16. The van der Waals surface area contributed by atoms with Crippen molar-refractivity contribution >= 4 is 17.0 Å². The van der Waals surface area contributed by atoms with Gasteiger partial charge in [0.2, 0.25) is 0 Å². The number of hydrogen-bond donors (Lipinski definition) is 1. The van der Waals surface area contributed by atoms with Crippen LogP contribution in [0.5, 0.6) is 0 Å². The van der Waals surface area contributed by atoms with E-state index in [1.165, 1.54) is 6.07 Å². The standard InChI is InChI=1S/C12H15N3O4/c1-18-7-8(19-2)6-15-10-5-3-4-9(12(16)17)11(10)13-14-15/h3-5,8H,6-7H2,1-2H3,(H,16,17). The third kappa shape index (κ3) is 2.72. The molecule has 1 heterocycles. The predicted octanol–water partition coefficient (Wildman–Crippen LogP) is 0.791. The number of carboxylic acid groups (broad SMARTS) is 1. The van der Waals surface area contributed by atoms with Crippen LogP contribution in [0.3, 0.4) is 0 Å². The van der Waals surface area contributed by atoms with E-state index in [2.05, 4.69) is 10.3 Å². The Balaban J connectivity index is 2.35. The number of nitrogens with zero attached hydrogens (tertiary/aromatic N) is 3. The molecule has 1 N–H and O–H groups in total. The van der Waals surface area contributed by atoms with Crippen LogP contribution in [-0.4, -0.2) is 53.0 Å². The van der Waals surface area contributed by atoms with Crippen LogP contribution in [0.25, 0.3) is 11.0 Å². The highest BCUT2D eigenvalue weighted by molar-refractivity contribution is 6.00. The fourth-order valence-corrected chi connectivity index (χ4v) is 1.87. The minimum atomic E-state index is -1.02. The second-order valence-electron chi connectivity index (χ2n) is 4.06. The van der Waals surface area contributed by atoms with Crippen LogP contribution in [0.4, 0.5) is 0 Å². The van der Waals surface area contributed by atoms with E-state index in [0.29, 0.717) is 24.2 Å². The highest BCUT2D eigenvalue weighted by atomic mass is 16.5. The van der Waals surface area contributed by atoms with Gasteiger partial charge in [-0.25, -0.2) is 9.48 Å². The normalized spacial score (nSPS) is 12.7. The molecule has 0 amide bonds. The summed E-state index contributed by atoms with van der Waals surface area (Å²) in [7, 11) is 3.18. The molecule has 19 heavy (non-hydrogen) atoms. The smallest absolute Gasteiger partial charge is 0.338 e. The number of carboxylic acids is 1. The van der Waals surface area contributed by atoms with Crippen molar-refractivity contribution in [3.05, 3.63) is 23.8 Å². The van der Waals surface area contributed by atoms with Gasteiger partial charge < -0.3 is 14.6 Å². The Kier molecular flexibility index (Phi) is 4.08. The monoisotopic (exact) mass is 265 g/mol. The van der Waals surface area contributed by atoms with E-state index >= 15 is 0 Å². The van der Waals surface area contributed by atoms with Gasteiger partial charge in [0.15, 0.2) is 0 Å². The SMILES string of the molecule is COCC(Cn1nnc2c(C(=O)O)cccc21)OC. The van der Waals surface area contributed by atoms with E-state index in [9.17, 15) is 4.79 Å². The van der Waals surface area contributed by atoms with Gasteiger partial charge in [-0.1, -0.05) is 11.3 Å². The molecule has 102 valence electrons. The van der Waals surface area contributed by atoms with Crippen molar-refractivity contribution in [1.29, 1.82) is 0 Å². The van der Waals surface area contributed by atoms with E-state index in [1.54, 1.807) is 31.0 Å². The lowest BCUT2D eigenvalue weighted by atomic mass is 10.2. The van der Waals surface area contributed by atoms with Gasteiger partial charge in [-0.15, -0.1) is 5.10 Å². The van der Waals surface area contributed by atoms with Crippen molar-refractivity contribution in [2.24, 2.45) is 0 Å². The molecule has 0 fully saturated rings. The Morgan fingerprint density at radius 2 is 2.26 bits per heavy atom. The third-order valence-electron chi connectivity index (χ3n) is 2.84. The number of aromatic nitrogens is 3. The van der Waals surface area contributed by atoms with E-state index in [4.69, 9.17) is 14.6 Å². The first-order chi connectivity index (χ1) is 9.17. The summed E-state index contributed by atoms with van der Waals surface area (Å²) < 4.78 is 11.9. The zero-order chi connectivity index (χ0) is 13.8. The average molecular weight is 265 g/mol. The topological polar surface area (TPSA) is 86.5 Å². The number of methoxy groups -OCH3 is 2. The van der Waals surface area contributed by atoms with Crippen LogP contribution in [0.2, 0.25) is 0 Å². The lowest BCUT2D eigenvalue weighted by molar-refractivity contribution is 0.0168. The summed E-state index contributed by atoms with van der Waals surface area (Å²) in [5.41, 5.74) is 1.18. The molecule has 1 aromatic heterocycles. The van der Waals surface area contributed by atoms with Crippen LogP contribution < -0.4 is 0 Å². The van der Waals surface area contributed by atoms with E-state index in [-0.39, 0.29) is 11.7 Å². The molecular formula is C12H15N3O4. The van der Waals surface area contributed by atoms with Crippen molar-refractivity contribution in [2.45, 2.75) is 12.6 Å². The Labute approximate surface area is 109 Å². The molecule has 1 aromatic carbocycles. The fourth-order valence-electron chi connectivity index (χ4n) is 1.87. The lowest BCUT2D eigenvalue weighted by Crippen LogP contribution is -2.24. The fraction of sp³-hybridized carbons (Fsp3) is 0.417. The Bertz CT molecular complexity index is 581. The number of aromatic carboxylic acids is 1. The zero-order valence-corrected chi connectivity index (χ0v) is 10.7. The van der Waals surface area contributed by atoms with Gasteiger partial charge in [-0.2, -0.15) is 0 Å². The van der Waals surface area contributed by atoms with E-state index < -0.39 is 5.97 Å². The molecule has 0 aliphatic rings. The molecule has 0 aliphatic carbocycles. The summed E-state index contributed by atoms with van der Waals surface area (Å²) >= 11 is 0. The molecule has 2 rings (SSSR count). The van der Waals surface area contributed by atoms with Gasteiger partial charge in [0.25, 0.3) is 0 Å². The van der Waals surface area contributed by atoms with Crippen LogP contribution in [0.15, 0.2) is 18.2 Å². The predicted molar refractivity (Wildman–Crippen MR) is 67.2 cm³/mol. The molecule has 0 saturated carbocycles. The minimum absolute atomic E-state index is 0.143. The van der Waals surface area contributed by atoms with Crippen molar-refractivity contribution in [2.75, 3.05) is 20.8 Å². The van der Waals surface area contributed by atoms with Crippen LogP contribution in [-0.2, 0) is 16.0 Å². The molecule has 0 aliphatic heterocycles. The molecular weight excluding hydrogens is 250 g/mol. The number of hydrogen-bond acceptors (Lipinski definition) is 5. The number of rotatable bonds is 6. The number of fused-ring (bicyclic) bond motifs is 1. The van der Waals surface area contributed by atoms with Crippen molar-refractivity contribution < 1.29 is 19.4 Å². The average Bonchev–Trinajstić information content (AvgIpc) is 2.81. The maximum atomic E-state index is 11.1. The molecule has 7 heteroatoms. The van der Waals surface area contributed by atoms with Gasteiger partial charge in [-0.3, -0.25) is 0 Å². The van der Waals surface area contributed by atoms with Crippen LogP contribution in [0, 0.1) is 0 Å². The van der Waals surface area contributed by atoms with Crippen LogP contribution in [0.1, 0.15) is 10.4 Å². The van der Waals surface area contributed by atoms with Crippen molar-refractivity contribution in [1.82, 2.24) is 15.0 Å². The van der Waals surface area contributed by atoms with Gasteiger partial charge in [-0.05, 0) is 12.1 Å². The van der Waals surface area contributed by atoms with E-state index in [0.717, 1.165) is 0 Å². The quantitative estimate of drug-likeness (QED) is 0.831. The second-order valence-corrected chi connectivity index (χ2v) is 4.06. The van der Waals surface area contributed by atoms with Crippen molar-refractivity contribution in [3.8, 4) is 0 Å². The first-order valence-electron chi connectivity index (χ1n) is 5.74. The molecule has 0 saturated heterocycles. The summed E-state index contributed by atoms with van der Waals surface area (Å²) in [4.78, 5) is 11.1. The zero-order valence-electron chi connectivity index (χ0n) is 10.7. The molecule has 1 atom stereocenters. The third-order valence-corrected chi connectivity index (χ3v) is 2.84. The van der Waals surface area contributed by atoms with Crippen molar-refractivity contribution in [3.63, 3.8) is 0 Å². The van der Waals surface area contributed by atoms with Gasteiger partial charge >= 0.3 is 5.97 Å². The maximum Gasteiger partial charge on any atom is 0.338 e. The Morgan fingerprint density at radius 3 is 2.89 bits per heavy atom. The maximum absolute atomic E-state index is 11.1. The van der Waals surface area contributed by atoms with Gasteiger partial charge in [0.05, 0.1) is 24.2 Å². The largest absolute Gasteiger partial charge is 0.478 e.